The fourth-order valence-electron chi connectivity index (χ4n) is 3.18. The highest BCUT2D eigenvalue weighted by atomic mass is 28.3. The van der Waals surface area contributed by atoms with Gasteiger partial charge in [-0.05, 0) is 27.5 Å². The Bertz CT molecular complexity index is 394. The number of rotatable bonds is 0. The highest BCUT2D eigenvalue weighted by Gasteiger charge is 2.59. The van der Waals surface area contributed by atoms with Crippen LogP contribution in [0.2, 0.25) is 18.6 Å². The summed E-state index contributed by atoms with van der Waals surface area (Å²) in [5, 5.41) is 1.85. The van der Waals surface area contributed by atoms with Gasteiger partial charge in [-0.1, -0.05) is 65.9 Å². The summed E-state index contributed by atoms with van der Waals surface area (Å²) in [6, 6.07) is 0. The summed E-state index contributed by atoms with van der Waals surface area (Å²) in [6.45, 7) is 19.2. The summed E-state index contributed by atoms with van der Waals surface area (Å²) in [4.78, 5) is 0. The molecule has 0 aromatic rings. The standard InChI is InChI=1S/C15H26Si/c1-14(2,3)10-9-11-13(16(11,7)8)12(10)15(4,5)6/h9,11H,1-8H3. The second-order valence-electron chi connectivity index (χ2n) is 8.07. The van der Waals surface area contributed by atoms with E-state index in [-0.39, 0.29) is 0 Å². The lowest BCUT2D eigenvalue weighted by Crippen LogP contribution is -2.22. The lowest BCUT2D eigenvalue weighted by atomic mass is 9.74. The van der Waals surface area contributed by atoms with Crippen LogP contribution in [0.1, 0.15) is 41.5 Å². The van der Waals surface area contributed by atoms with E-state index in [9.17, 15) is 0 Å². The van der Waals surface area contributed by atoms with Gasteiger partial charge in [-0.3, -0.25) is 0 Å². The van der Waals surface area contributed by atoms with Gasteiger partial charge < -0.3 is 0 Å². The van der Waals surface area contributed by atoms with Crippen LogP contribution in [0.3, 0.4) is 0 Å². The Morgan fingerprint density at radius 3 is 1.81 bits per heavy atom. The van der Waals surface area contributed by atoms with E-state index in [4.69, 9.17) is 0 Å². The van der Waals surface area contributed by atoms with E-state index in [1.54, 1.807) is 11.1 Å². The van der Waals surface area contributed by atoms with Gasteiger partial charge in [0.25, 0.3) is 0 Å². The quantitative estimate of drug-likeness (QED) is 0.520. The van der Waals surface area contributed by atoms with Crippen molar-refractivity contribution in [3.8, 4) is 0 Å². The summed E-state index contributed by atoms with van der Waals surface area (Å²) < 4.78 is 0. The summed E-state index contributed by atoms with van der Waals surface area (Å²) in [5.74, 6) is 0. The first-order valence-electron chi connectivity index (χ1n) is 6.45. The first kappa shape index (κ1) is 12.2. The third-order valence-corrected chi connectivity index (χ3v) is 7.78. The van der Waals surface area contributed by atoms with E-state index in [1.165, 1.54) is 0 Å². The lowest BCUT2D eigenvalue weighted by molar-refractivity contribution is 0.448. The second kappa shape index (κ2) is 2.93. The van der Waals surface area contributed by atoms with E-state index in [2.05, 4.69) is 60.7 Å². The van der Waals surface area contributed by atoms with Crippen LogP contribution < -0.4 is 0 Å². The molecule has 0 aromatic heterocycles. The Morgan fingerprint density at radius 1 is 0.938 bits per heavy atom. The van der Waals surface area contributed by atoms with E-state index >= 15 is 0 Å². The number of fused-ring (bicyclic) bond motifs is 1. The highest BCUT2D eigenvalue weighted by molar-refractivity contribution is 6.99. The normalized spacial score (nSPS) is 28.0. The minimum absolute atomic E-state index is 0.313. The van der Waals surface area contributed by atoms with Crippen LogP contribution in [0.15, 0.2) is 22.4 Å². The molecular weight excluding hydrogens is 208 g/mol. The summed E-state index contributed by atoms with van der Waals surface area (Å²) >= 11 is 0. The lowest BCUT2D eigenvalue weighted by Gasteiger charge is -2.33. The van der Waals surface area contributed by atoms with Gasteiger partial charge in [0.05, 0.1) is 8.07 Å². The van der Waals surface area contributed by atoms with Crippen molar-refractivity contribution in [3.63, 3.8) is 0 Å². The number of hydrogen-bond acceptors (Lipinski definition) is 0. The molecule has 1 saturated heterocycles. The smallest absolute Gasteiger partial charge is 0.0761 e. The van der Waals surface area contributed by atoms with Crippen LogP contribution in [0, 0.1) is 10.8 Å². The SMILES string of the molecule is CC(C)(C)C1=CC2C(=C1C(C)(C)C)[Si]2(C)C. The Morgan fingerprint density at radius 2 is 1.44 bits per heavy atom. The number of hydrogen-bond donors (Lipinski definition) is 0. The summed E-state index contributed by atoms with van der Waals surface area (Å²) in [5.41, 5.74) is 4.85. The Kier molecular flexibility index (Phi) is 2.22. The third kappa shape index (κ3) is 1.55. The molecular formula is C15H26Si. The Hall–Kier alpha value is -0.303. The maximum absolute atomic E-state index is 2.60. The van der Waals surface area contributed by atoms with Crippen molar-refractivity contribution in [2.45, 2.75) is 60.2 Å². The molecule has 1 aliphatic carbocycles. The van der Waals surface area contributed by atoms with Crippen LogP contribution in [0.4, 0.5) is 0 Å². The van der Waals surface area contributed by atoms with Gasteiger partial charge in [0.15, 0.2) is 0 Å². The minimum atomic E-state index is -0.997. The van der Waals surface area contributed by atoms with Crippen molar-refractivity contribution in [1.29, 1.82) is 0 Å². The number of allylic oxidation sites excluding steroid dienone is 4. The van der Waals surface area contributed by atoms with Crippen molar-refractivity contribution < 1.29 is 0 Å². The van der Waals surface area contributed by atoms with Gasteiger partial charge in [0, 0.05) is 0 Å². The van der Waals surface area contributed by atoms with Crippen molar-refractivity contribution in [1.82, 2.24) is 0 Å². The molecule has 16 heavy (non-hydrogen) atoms. The van der Waals surface area contributed by atoms with Gasteiger partial charge in [-0.15, -0.1) is 0 Å². The molecule has 0 spiro atoms. The molecule has 2 aliphatic rings. The average Bonchev–Trinajstić information content (AvgIpc) is 2.39. The molecule has 2 rings (SSSR count). The zero-order chi connectivity index (χ0) is 12.5. The van der Waals surface area contributed by atoms with E-state index in [0.717, 1.165) is 5.54 Å². The van der Waals surface area contributed by atoms with Crippen molar-refractivity contribution >= 4 is 8.07 Å². The molecule has 1 aliphatic heterocycles. The molecule has 1 atom stereocenters. The topological polar surface area (TPSA) is 0 Å². The van der Waals surface area contributed by atoms with E-state index in [1.807, 2.05) is 5.20 Å². The largest absolute Gasteiger partial charge is 0.0867 e. The van der Waals surface area contributed by atoms with Crippen LogP contribution >= 0.6 is 0 Å². The van der Waals surface area contributed by atoms with Gasteiger partial charge in [-0.25, -0.2) is 0 Å². The molecule has 1 unspecified atom stereocenters. The molecule has 0 aromatic carbocycles. The van der Waals surface area contributed by atoms with Gasteiger partial charge in [0.1, 0.15) is 0 Å². The zero-order valence-corrected chi connectivity index (χ0v) is 13.2. The van der Waals surface area contributed by atoms with Crippen LogP contribution in [-0.2, 0) is 0 Å². The minimum Gasteiger partial charge on any atom is -0.0761 e. The highest BCUT2D eigenvalue weighted by Crippen LogP contribution is 2.66. The molecule has 1 heteroatoms. The molecule has 0 bridgehead atoms. The Labute approximate surface area is 102 Å². The van der Waals surface area contributed by atoms with Gasteiger partial charge in [-0.2, -0.15) is 0 Å². The fraction of sp³-hybridized carbons (Fsp3) is 0.733. The average molecular weight is 234 g/mol. The van der Waals surface area contributed by atoms with Crippen LogP contribution in [0.25, 0.3) is 0 Å². The van der Waals surface area contributed by atoms with Crippen LogP contribution in [0.5, 0.6) is 0 Å². The molecule has 0 amide bonds. The molecule has 0 N–H and O–H groups in total. The summed E-state index contributed by atoms with van der Waals surface area (Å²) in [7, 11) is -0.997. The zero-order valence-electron chi connectivity index (χ0n) is 12.2. The fourth-order valence-corrected chi connectivity index (χ4v) is 7.17. The Balaban J connectivity index is 2.51. The molecule has 0 saturated carbocycles. The first-order chi connectivity index (χ1) is 6.97. The van der Waals surface area contributed by atoms with Gasteiger partial charge in [0.2, 0.25) is 0 Å². The third-order valence-electron chi connectivity index (χ3n) is 4.13. The maximum atomic E-state index is 2.60. The first-order valence-corrected chi connectivity index (χ1v) is 9.53. The molecule has 1 heterocycles. The van der Waals surface area contributed by atoms with Crippen molar-refractivity contribution in [3.05, 3.63) is 22.4 Å². The second-order valence-corrected chi connectivity index (χ2v) is 12.7. The van der Waals surface area contributed by atoms with Crippen LogP contribution in [-0.4, -0.2) is 8.07 Å². The van der Waals surface area contributed by atoms with E-state index in [0.29, 0.717) is 10.8 Å². The van der Waals surface area contributed by atoms with Crippen molar-refractivity contribution in [2.24, 2.45) is 10.8 Å². The molecule has 1 fully saturated rings. The molecule has 0 nitrogen and oxygen atoms in total. The summed E-state index contributed by atoms with van der Waals surface area (Å²) in [6.07, 6.45) is 2.60. The predicted octanol–water partition coefficient (Wildman–Crippen LogP) is 4.95. The van der Waals surface area contributed by atoms with Crippen molar-refractivity contribution in [2.75, 3.05) is 0 Å². The maximum Gasteiger partial charge on any atom is 0.0867 e. The predicted molar refractivity (Wildman–Crippen MR) is 75.3 cm³/mol. The van der Waals surface area contributed by atoms with Gasteiger partial charge >= 0.3 is 0 Å². The van der Waals surface area contributed by atoms with E-state index < -0.39 is 8.07 Å². The molecule has 0 radical (unpaired) electrons. The monoisotopic (exact) mass is 234 g/mol. The molecule has 90 valence electrons.